The highest BCUT2D eigenvalue weighted by Crippen LogP contribution is 2.52. The number of benzene rings is 10. The fourth-order valence-corrected chi connectivity index (χ4v) is 9.95. The third kappa shape index (κ3) is 4.79. The van der Waals surface area contributed by atoms with Crippen LogP contribution < -0.4 is 0 Å². The Balaban J connectivity index is 1.12. The van der Waals surface area contributed by atoms with E-state index in [9.17, 15) is 0 Å². The van der Waals surface area contributed by atoms with Gasteiger partial charge in [-0.05, 0) is 123 Å². The molecule has 1 aliphatic carbocycles. The molecule has 0 unspecified atom stereocenters. The number of fused-ring (bicyclic) bond motifs is 7. The Morgan fingerprint density at radius 2 is 0.679 bits per heavy atom. The highest BCUT2D eigenvalue weighted by molar-refractivity contribution is 6.23. The molecule has 0 saturated heterocycles. The van der Waals surface area contributed by atoms with Crippen LogP contribution in [0.1, 0.15) is 30.5 Å². The average Bonchev–Trinajstić information content (AvgIpc) is 3.47. The van der Waals surface area contributed by atoms with E-state index in [1.807, 2.05) is 0 Å². The van der Waals surface area contributed by atoms with Crippen molar-refractivity contribution in [1.29, 1.82) is 0 Å². The largest absolute Gasteiger partial charge is 0.0622 e. The average molecular weight is 713 g/mol. The summed E-state index contributed by atoms with van der Waals surface area (Å²) in [5, 5.41) is 10.2. The van der Waals surface area contributed by atoms with Crippen molar-refractivity contribution in [2.75, 3.05) is 0 Å². The van der Waals surface area contributed by atoms with Gasteiger partial charge in [0.25, 0.3) is 0 Å². The van der Waals surface area contributed by atoms with Gasteiger partial charge in [0.1, 0.15) is 0 Å². The zero-order chi connectivity index (χ0) is 37.5. The second-order valence-corrected chi connectivity index (χ2v) is 16.1. The van der Waals surface area contributed by atoms with Gasteiger partial charge in [0, 0.05) is 5.41 Å². The van der Waals surface area contributed by atoms with Gasteiger partial charge in [-0.25, -0.2) is 0 Å². The van der Waals surface area contributed by atoms with Crippen molar-refractivity contribution in [3.05, 3.63) is 205 Å². The normalized spacial score (nSPS) is 13.1. The van der Waals surface area contributed by atoms with Crippen molar-refractivity contribution in [3.63, 3.8) is 0 Å². The first kappa shape index (κ1) is 32.7. The van der Waals surface area contributed by atoms with Crippen LogP contribution in [0.5, 0.6) is 0 Å². The topological polar surface area (TPSA) is 0 Å². The number of hydrogen-bond acceptors (Lipinski definition) is 0. The summed E-state index contributed by atoms with van der Waals surface area (Å²) in [6.07, 6.45) is 0. The van der Waals surface area contributed by atoms with Gasteiger partial charge in [0.05, 0.1) is 0 Å². The van der Waals surface area contributed by atoms with Gasteiger partial charge in [-0.1, -0.05) is 201 Å². The molecule has 0 amide bonds. The molecule has 0 heterocycles. The van der Waals surface area contributed by atoms with Crippen LogP contribution in [-0.2, 0) is 5.41 Å². The minimum Gasteiger partial charge on any atom is -0.0622 e. The molecule has 10 aromatic carbocycles. The number of hydrogen-bond donors (Lipinski definition) is 0. The lowest BCUT2D eigenvalue weighted by Gasteiger charge is -2.22. The van der Waals surface area contributed by atoms with Crippen molar-refractivity contribution in [2.24, 2.45) is 0 Å². The zero-order valence-corrected chi connectivity index (χ0v) is 31.9. The third-order valence-corrected chi connectivity index (χ3v) is 12.5. The monoisotopic (exact) mass is 712 g/mol. The van der Waals surface area contributed by atoms with Crippen LogP contribution in [0.15, 0.2) is 188 Å². The predicted molar refractivity (Wildman–Crippen MR) is 241 cm³/mol. The summed E-state index contributed by atoms with van der Waals surface area (Å²) >= 11 is 0. The van der Waals surface area contributed by atoms with Gasteiger partial charge in [0.2, 0.25) is 0 Å². The van der Waals surface area contributed by atoms with Gasteiger partial charge >= 0.3 is 0 Å². The van der Waals surface area contributed by atoms with E-state index in [0.29, 0.717) is 0 Å². The number of aryl methyl sites for hydroxylation is 1. The van der Waals surface area contributed by atoms with E-state index in [1.54, 1.807) is 0 Å². The first-order chi connectivity index (χ1) is 27.5. The van der Waals surface area contributed by atoms with E-state index in [0.717, 1.165) is 0 Å². The highest BCUT2D eigenvalue weighted by atomic mass is 14.4. The summed E-state index contributed by atoms with van der Waals surface area (Å²) in [4.78, 5) is 0. The quantitative estimate of drug-likeness (QED) is 0.159. The molecule has 0 radical (unpaired) electrons. The Bertz CT molecular complexity index is 3140. The molecule has 10 aromatic rings. The molecule has 11 rings (SSSR count). The summed E-state index contributed by atoms with van der Waals surface area (Å²) in [7, 11) is 0. The Morgan fingerprint density at radius 3 is 1.21 bits per heavy atom. The fourth-order valence-electron chi connectivity index (χ4n) is 9.95. The van der Waals surface area contributed by atoms with Crippen LogP contribution in [0, 0.1) is 6.92 Å². The molecule has 0 heteroatoms. The van der Waals surface area contributed by atoms with Crippen molar-refractivity contribution in [2.45, 2.75) is 26.2 Å². The molecule has 1 aliphatic rings. The molecule has 0 nitrogen and oxygen atoms in total. The summed E-state index contributed by atoms with van der Waals surface area (Å²) < 4.78 is 0. The molecule has 0 saturated carbocycles. The molecule has 0 aliphatic heterocycles. The SMILES string of the molecule is Cc1ccc2c(-c3ccc(-c4c5ccccc5c(-c5ccccc5)c5ccccc45)cc3)c3ccccc3c(-c3ccc4c(c3)-c3ccccc3C4(C)C)c2c1. The van der Waals surface area contributed by atoms with Gasteiger partial charge < -0.3 is 0 Å². The van der Waals surface area contributed by atoms with Gasteiger partial charge in [0.15, 0.2) is 0 Å². The van der Waals surface area contributed by atoms with E-state index < -0.39 is 0 Å². The van der Waals surface area contributed by atoms with E-state index in [-0.39, 0.29) is 5.41 Å². The molecule has 0 atom stereocenters. The first-order valence-electron chi connectivity index (χ1n) is 19.8. The van der Waals surface area contributed by atoms with Gasteiger partial charge in [-0.3, -0.25) is 0 Å². The molecule has 264 valence electrons. The van der Waals surface area contributed by atoms with Crippen molar-refractivity contribution in [1.82, 2.24) is 0 Å². The Kier molecular flexibility index (Phi) is 7.22. The number of rotatable bonds is 4. The van der Waals surface area contributed by atoms with Crippen molar-refractivity contribution >= 4 is 43.1 Å². The maximum Gasteiger partial charge on any atom is 0.0158 e. The highest BCUT2D eigenvalue weighted by Gasteiger charge is 2.35. The van der Waals surface area contributed by atoms with Crippen molar-refractivity contribution < 1.29 is 0 Å². The second kappa shape index (κ2) is 12.4. The summed E-state index contributed by atoms with van der Waals surface area (Å²) in [6.45, 7) is 6.93. The van der Waals surface area contributed by atoms with E-state index >= 15 is 0 Å². The molecular weight excluding hydrogens is 673 g/mol. The smallest absolute Gasteiger partial charge is 0.0158 e. The standard InChI is InChI=1S/C56H40/c1-35-25-31-47-49(33-35)55(39-30-32-51-48(34-39)40-17-13-14-24-50(40)56(51,2)3)46-23-12-11-22-45(46)54(47)38-28-26-37(27-29-38)53-43-20-9-7-18-41(43)52(36-15-5-4-6-16-36)42-19-8-10-21-44(42)53/h4-34H,1-3H3. The van der Waals surface area contributed by atoms with Crippen LogP contribution in [-0.4, -0.2) is 0 Å². The van der Waals surface area contributed by atoms with Crippen LogP contribution in [0.4, 0.5) is 0 Å². The first-order valence-corrected chi connectivity index (χ1v) is 19.8. The Morgan fingerprint density at radius 1 is 0.286 bits per heavy atom. The maximum atomic E-state index is 2.46. The minimum atomic E-state index is -0.0241. The van der Waals surface area contributed by atoms with E-state index in [1.165, 1.54) is 115 Å². The summed E-state index contributed by atoms with van der Waals surface area (Å²) in [6, 6.07) is 70.2. The minimum absolute atomic E-state index is 0.0241. The molecule has 0 aromatic heterocycles. The Hall–Kier alpha value is -6.76. The van der Waals surface area contributed by atoms with Crippen LogP contribution in [0.3, 0.4) is 0 Å². The third-order valence-electron chi connectivity index (χ3n) is 12.5. The summed E-state index contributed by atoms with van der Waals surface area (Å²) in [5.41, 5.74) is 16.9. The fraction of sp³-hybridized carbons (Fsp3) is 0.0714. The molecule has 0 fully saturated rings. The van der Waals surface area contributed by atoms with Gasteiger partial charge in [-0.2, -0.15) is 0 Å². The lowest BCUT2D eigenvalue weighted by Crippen LogP contribution is -2.14. The summed E-state index contributed by atoms with van der Waals surface area (Å²) in [5.74, 6) is 0. The molecule has 0 bridgehead atoms. The second-order valence-electron chi connectivity index (χ2n) is 16.1. The Labute approximate surface area is 328 Å². The molecule has 0 spiro atoms. The maximum absolute atomic E-state index is 2.46. The molecule has 0 N–H and O–H groups in total. The lowest BCUT2D eigenvalue weighted by molar-refractivity contribution is 0.660. The predicted octanol–water partition coefficient (Wildman–Crippen LogP) is 15.6. The van der Waals surface area contributed by atoms with Gasteiger partial charge in [-0.15, -0.1) is 0 Å². The van der Waals surface area contributed by atoms with E-state index in [4.69, 9.17) is 0 Å². The zero-order valence-electron chi connectivity index (χ0n) is 31.9. The van der Waals surface area contributed by atoms with E-state index in [2.05, 4.69) is 209 Å². The molecule has 56 heavy (non-hydrogen) atoms. The van der Waals surface area contributed by atoms with Crippen molar-refractivity contribution in [3.8, 4) is 55.6 Å². The molecular formula is C56H40. The van der Waals surface area contributed by atoms with Crippen LogP contribution in [0.2, 0.25) is 0 Å². The van der Waals surface area contributed by atoms with Crippen LogP contribution in [0.25, 0.3) is 98.7 Å². The van der Waals surface area contributed by atoms with Crippen LogP contribution >= 0.6 is 0 Å². The lowest BCUT2D eigenvalue weighted by atomic mass is 9.81.